The van der Waals surface area contributed by atoms with Gasteiger partial charge in [-0.3, -0.25) is 4.79 Å². The molecule has 0 rings (SSSR count). The summed E-state index contributed by atoms with van der Waals surface area (Å²) >= 11 is 0. The molecule has 0 heterocycles. The fraction of sp³-hybridized carbons (Fsp3) is 0.833. The molecule has 0 aliphatic rings. The molecule has 0 saturated heterocycles. The molecule has 0 fully saturated rings. The Morgan fingerprint density at radius 2 is 2.12 bits per heavy atom. The van der Waals surface area contributed by atoms with Crippen LogP contribution in [0, 0.1) is 0 Å². The Hall–Kier alpha value is -0.530. The summed E-state index contributed by atoms with van der Waals surface area (Å²) in [5.74, 6) is 0.127. The molecule has 0 aliphatic heterocycles. The topological polar surface area (TPSA) is 29.1 Å². The molecule has 0 spiro atoms. The lowest BCUT2D eigenvalue weighted by atomic mass is 10.3. The Morgan fingerprint density at radius 3 is 2.25 bits per heavy atom. The minimum Gasteiger partial charge on any atom is -0.359 e. The molecule has 0 atom stereocenters. The quantitative estimate of drug-likeness (QED) is 0.578. The molecule has 1 N–H and O–H groups in total. The van der Waals surface area contributed by atoms with E-state index in [9.17, 15) is 4.79 Å². The van der Waals surface area contributed by atoms with Gasteiger partial charge in [0, 0.05) is 13.5 Å². The van der Waals surface area contributed by atoms with Crippen LogP contribution in [0.2, 0.25) is 0 Å². The monoisotopic (exact) mass is 117 g/mol. The molecular weight excluding hydrogens is 102 g/mol. The van der Waals surface area contributed by atoms with Crippen LogP contribution in [0.25, 0.3) is 0 Å². The van der Waals surface area contributed by atoms with E-state index in [-0.39, 0.29) is 13.3 Å². The standard InChI is InChI=1S/C5H11NO.CH4/c1-3-4-5(7)6-2;/h3-4H2,1-2H3,(H,6,7);1H4. The summed E-state index contributed by atoms with van der Waals surface area (Å²) in [7, 11) is 1.65. The maximum atomic E-state index is 10.3. The Balaban J connectivity index is 0. The summed E-state index contributed by atoms with van der Waals surface area (Å²) < 4.78 is 0. The molecule has 0 aromatic rings. The van der Waals surface area contributed by atoms with Gasteiger partial charge in [-0.15, -0.1) is 0 Å². The molecule has 2 nitrogen and oxygen atoms in total. The smallest absolute Gasteiger partial charge is 0.219 e. The molecule has 0 unspecified atom stereocenters. The summed E-state index contributed by atoms with van der Waals surface area (Å²) in [5.41, 5.74) is 0. The van der Waals surface area contributed by atoms with Gasteiger partial charge in [0.05, 0.1) is 0 Å². The van der Waals surface area contributed by atoms with Crippen molar-refractivity contribution in [3.63, 3.8) is 0 Å². The van der Waals surface area contributed by atoms with E-state index in [0.29, 0.717) is 6.42 Å². The predicted molar refractivity (Wildman–Crippen MR) is 35.7 cm³/mol. The van der Waals surface area contributed by atoms with Crippen molar-refractivity contribution in [1.29, 1.82) is 0 Å². The highest BCUT2D eigenvalue weighted by atomic mass is 16.1. The zero-order chi connectivity index (χ0) is 5.70. The number of amides is 1. The van der Waals surface area contributed by atoms with Gasteiger partial charge < -0.3 is 5.32 Å². The second-order valence-corrected chi connectivity index (χ2v) is 1.42. The van der Waals surface area contributed by atoms with E-state index in [1.165, 1.54) is 0 Å². The Kier molecular flexibility index (Phi) is 8.45. The number of nitrogens with one attached hydrogen (secondary N) is 1. The molecule has 0 bridgehead atoms. The average Bonchev–Trinajstić information content (AvgIpc) is 1.68. The van der Waals surface area contributed by atoms with Crippen molar-refractivity contribution in [2.24, 2.45) is 0 Å². The van der Waals surface area contributed by atoms with E-state index in [1.807, 2.05) is 6.92 Å². The van der Waals surface area contributed by atoms with Crippen LogP contribution in [-0.4, -0.2) is 13.0 Å². The fourth-order valence-electron chi connectivity index (χ4n) is 0.352. The maximum absolute atomic E-state index is 10.3. The maximum Gasteiger partial charge on any atom is 0.219 e. The zero-order valence-electron chi connectivity index (χ0n) is 4.82. The van der Waals surface area contributed by atoms with Crippen molar-refractivity contribution in [2.75, 3.05) is 7.05 Å². The molecule has 1 amide bonds. The number of carbonyl (C=O) groups is 1. The number of carbonyl (C=O) groups excluding carboxylic acids is 1. The molecule has 0 saturated carbocycles. The second kappa shape index (κ2) is 6.47. The summed E-state index contributed by atoms with van der Waals surface area (Å²) in [6.07, 6.45) is 1.58. The normalized spacial score (nSPS) is 7.25. The summed E-state index contributed by atoms with van der Waals surface area (Å²) in [6, 6.07) is 0. The third-order valence-electron chi connectivity index (χ3n) is 0.756. The van der Waals surface area contributed by atoms with Gasteiger partial charge in [0.1, 0.15) is 0 Å². The van der Waals surface area contributed by atoms with Crippen LogP contribution in [0.15, 0.2) is 0 Å². The van der Waals surface area contributed by atoms with Crippen LogP contribution < -0.4 is 5.32 Å². The third kappa shape index (κ3) is 5.47. The number of rotatable bonds is 2. The van der Waals surface area contributed by atoms with Crippen molar-refractivity contribution in [3.05, 3.63) is 0 Å². The first-order valence-corrected chi connectivity index (χ1v) is 2.51. The number of hydrogen-bond acceptors (Lipinski definition) is 1. The van der Waals surface area contributed by atoms with Gasteiger partial charge in [0.25, 0.3) is 0 Å². The third-order valence-corrected chi connectivity index (χ3v) is 0.756. The molecule has 0 aromatic carbocycles. The highest BCUT2D eigenvalue weighted by Gasteiger charge is 1.89. The Morgan fingerprint density at radius 1 is 1.62 bits per heavy atom. The highest BCUT2D eigenvalue weighted by Crippen LogP contribution is 1.82. The minimum absolute atomic E-state index is 0. The molecule has 0 radical (unpaired) electrons. The lowest BCUT2D eigenvalue weighted by Gasteiger charge is -1.91. The molecular formula is C6H15NO. The molecule has 2 heteroatoms. The zero-order valence-corrected chi connectivity index (χ0v) is 4.82. The van der Waals surface area contributed by atoms with Crippen molar-refractivity contribution < 1.29 is 4.79 Å². The van der Waals surface area contributed by atoms with Crippen LogP contribution in [0.4, 0.5) is 0 Å². The largest absolute Gasteiger partial charge is 0.359 e. The highest BCUT2D eigenvalue weighted by molar-refractivity contribution is 5.75. The molecule has 0 aromatic heterocycles. The minimum atomic E-state index is 0. The molecule has 0 aliphatic carbocycles. The first-order chi connectivity index (χ1) is 3.31. The van der Waals surface area contributed by atoms with E-state index in [4.69, 9.17) is 0 Å². The summed E-state index contributed by atoms with van der Waals surface area (Å²) in [6.45, 7) is 1.98. The van der Waals surface area contributed by atoms with Gasteiger partial charge in [-0.25, -0.2) is 0 Å². The van der Waals surface area contributed by atoms with Gasteiger partial charge in [0.15, 0.2) is 0 Å². The van der Waals surface area contributed by atoms with Gasteiger partial charge in [0.2, 0.25) is 5.91 Å². The first-order valence-electron chi connectivity index (χ1n) is 2.51. The predicted octanol–water partition coefficient (Wildman–Crippen LogP) is 1.17. The number of hydrogen-bond donors (Lipinski definition) is 1. The average molecular weight is 117 g/mol. The van der Waals surface area contributed by atoms with Crippen LogP contribution >= 0.6 is 0 Å². The van der Waals surface area contributed by atoms with Crippen molar-refractivity contribution in [1.82, 2.24) is 5.32 Å². The lowest BCUT2D eigenvalue weighted by molar-refractivity contribution is -0.120. The van der Waals surface area contributed by atoms with Gasteiger partial charge in [-0.05, 0) is 6.42 Å². The van der Waals surface area contributed by atoms with Crippen molar-refractivity contribution >= 4 is 5.91 Å². The van der Waals surface area contributed by atoms with Crippen LogP contribution in [0.3, 0.4) is 0 Å². The van der Waals surface area contributed by atoms with E-state index < -0.39 is 0 Å². The molecule has 8 heavy (non-hydrogen) atoms. The van der Waals surface area contributed by atoms with Crippen LogP contribution in [-0.2, 0) is 4.79 Å². The second-order valence-electron chi connectivity index (χ2n) is 1.42. The Bertz CT molecular complexity index is 61.5. The van der Waals surface area contributed by atoms with Crippen molar-refractivity contribution in [2.45, 2.75) is 27.2 Å². The SMILES string of the molecule is C.CCCC(=O)NC. The van der Waals surface area contributed by atoms with Crippen molar-refractivity contribution in [3.8, 4) is 0 Å². The molecule has 50 valence electrons. The van der Waals surface area contributed by atoms with Gasteiger partial charge in [-0.2, -0.15) is 0 Å². The van der Waals surface area contributed by atoms with Crippen LogP contribution in [0.5, 0.6) is 0 Å². The van der Waals surface area contributed by atoms with E-state index in [0.717, 1.165) is 6.42 Å². The lowest BCUT2D eigenvalue weighted by Crippen LogP contribution is -2.16. The summed E-state index contributed by atoms with van der Waals surface area (Å²) in [5, 5.41) is 2.53. The van der Waals surface area contributed by atoms with E-state index in [2.05, 4.69) is 5.32 Å². The van der Waals surface area contributed by atoms with Crippen LogP contribution in [0.1, 0.15) is 27.2 Å². The van der Waals surface area contributed by atoms with E-state index in [1.54, 1.807) is 7.05 Å². The van der Waals surface area contributed by atoms with Gasteiger partial charge >= 0.3 is 0 Å². The summed E-state index contributed by atoms with van der Waals surface area (Å²) in [4.78, 5) is 10.3. The van der Waals surface area contributed by atoms with E-state index >= 15 is 0 Å². The van der Waals surface area contributed by atoms with Gasteiger partial charge in [-0.1, -0.05) is 14.4 Å². The Labute approximate surface area is 51.3 Å². The fourth-order valence-corrected chi connectivity index (χ4v) is 0.352. The first kappa shape index (κ1) is 10.5.